The molecule has 1 heterocycles. The molecular formula is C31H28FN3O4. The van der Waals surface area contributed by atoms with E-state index in [0.29, 0.717) is 29.9 Å². The number of aryl methyl sites for hydroxylation is 2. The summed E-state index contributed by atoms with van der Waals surface area (Å²) >= 11 is 0. The third-order valence-corrected chi connectivity index (χ3v) is 6.36. The second-order valence-electron chi connectivity index (χ2n) is 9.24. The molecule has 0 fully saturated rings. The van der Waals surface area contributed by atoms with Gasteiger partial charge >= 0.3 is 12.0 Å². The molecule has 0 saturated heterocycles. The number of amides is 2. The number of aromatic nitrogens is 1. The maximum absolute atomic E-state index is 13.0. The van der Waals surface area contributed by atoms with Crippen molar-refractivity contribution < 1.29 is 23.9 Å². The van der Waals surface area contributed by atoms with Crippen molar-refractivity contribution >= 4 is 29.3 Å². The van der Waals surface area contributed by atoms with Crippen LogP contribution in [0.3, 0.4) is 0 Å². The van der Waals surface area contributed by atoms with Gasteiger partial charge in [-0.25, -0.2) is 14.2 Å². The summed E-state index contributed by atoms with van der Waals surface area (Å²) in [6.07, 6.45) is 2.52. The minimum atomic E-state index is -0.975. The van der Waals surface area contributed by atoms with Gasteiger partial charge in [-0.1, -0.05) is 54.6 Å². The summed E-state index contributed by atoms with van der Waals surface area (Å²) in [6, 6.07) is 23.3. The molecule has 1 atom stereocenters. The van der Waals surface area contributed by atoms with Crippen molar-refractivity contribution in [2.75, 3.05) is 10.6 Å². The van der Waals surface area contributed by atoms with Gasteiger partial charge in [0.05, 0.1) is 5.92 Å². The number of benzene rings is 3. The molecule has 3 aromatic carbocycles. The number of aliphatic carboxylic acids is 1. The minimum Gasteiger partial charge on any atom is -0.481 e. The van der Waals surface area contributed by atoms with Crippen molar-refractivity contribution in [1.29, 1.82) is 0 Å². The van der Waals surface area contributed by atoms with Crippen LogP contribution >= 0.6 is 0 Å². The first-order valence-electron chi connectivity index (χ1n) is 12.5. The lowest BCUT2D eigenvalue weighted by molar-refractivity contribution is -0.141. The van der Waals surface area contributed by atoms with E-state index in [9.17, 15) is 23.9 Å². The molecule has 0 spiro atoms. The van der Waals surface area contributed by atoms with Gasteiger partial charge in [0.15, 0.2) is 5.78 Å². The normalized spacial score (nSPS) is 11.4. The topological polar surface area (TPSA) is 108 Å². The largest absolute Gasteiger partial charge is 0.481 e. The van der Waals surface area contributed by atoms with Gasteiger partial charge in [0.25, 0.3) is 0 Å². The van der Waals surface area contributed by atoms with Gasteiger partial charge in [-0.3, -0.25) is 14.9 Å². The Morgan fingerprint density at radius 2 is 1.59 bits per heavy atom. The zero-order chi connectivity index (χ0) is 27.8. The first-order chi connectivity index (χ1) is 18.8. The van der Waals surface area contributed by atoms with Gasteiger partial charge in [-0.05, 0) is 66.8 Å². The number of nitrogens with zero attached hydrogens (tertiary/aromatic N) is 1. The SMILES string of the molecule is Cc1cc(-c2ccc(C(=O)CC(CCc3ccccc3)C(=O)O)cc2)cnc1NC(=O)Nc1ccc(F)cc1. The van der Waals surface area contributed by atoms with E-state index in [-0.39, 0.29) is 12.2 Å². The van der Waals surface area contributed by atoms with E-state index in [0.717, 1.165) is 22.3 Å². The van der Waals surface area contributed by atoms with E-state index in [1.807, 2.05) is 43.3 Å². The van der Waals surface area contributed by atoms with Crippen LogP contribution in [0.15, 0.2) is 91.1 Å². The van der Waals surface area contributed by atoms with Crippen LogP contribution in [0.4, 0.5) is 20.7 Å². The van der Waals surface area contributed by atoms with E-state index in [1.165, 1.54) is 24.3 Å². The van der Waals surface area contributed by atoms with E-state index >= 15 is 0 Å². The highest BCUT2D eigenvalue weighted by Crippen LogP contribution is 2.25. The zero-order valence-corrected chi connectivity index (χ0v) is 21.4. The van der Waals surface area contributed by atoms with Gasteiger partial charge in [0.1, 0.15) is 11.6 Å². The van der Waals surface area contributed by atoms with Crippen LogP contribution in [0, 0.1) is 18.7 Å². The monoisotopic (exact) mass is 525 g/mol. The number of anilines is 2. The Kier molecular flexibility index (Phi) is 8.78. The van der Waals surface area contributed by atoms with Crippen molar-refractivity contribution in [3.05, 3.63) is 114 Å². The summed E-state index contributed by atoms with van der Waals surface area (Å²) in [5, 5.41) is 14.9. The maximum Gasteiger partial charge on any atom is 0.324 e. The number of ketones is 1. The molecule has 198 valence electrons. The molecule has 2 amide bonds. The van der Waals surface area contributed by atoms with E-state index < -0.39 is 23.7 Å². The number of hydrogen-bond donors (Lipinski definition) is 3. The highest BCUT2D eigenvalue weighted by Gasteiger charge is 2.22. The van der Waals surface area contributed by atoms with Crippen molar-refractivity contribution in [1.82, 2.24) is 4.98 Å². The second-order valence-corrected chi connectivity index (χ2v) is 9.24. The average molecular weight is 526 g/mol. The van der Waals surface area contributed by atoms with E-state index in [2.05, 4.69) is 15.6 Å². The third-order valence-electron chi connectivity index (χ3n) is 6.36. The predicted molar refractivity (Wildman–Crippen MR) is 148 cm³/mol. The molecule has 39 heavy (non-hydrogen) atoms. The number of urea groups is 1. The van der Waals surface area contributed by atoms with Gasteiger partial charge in [0, 0.05) is 29.4 Å². The number of halogens is 1. The second kappa shape index (κ2) is 12.6. The smallest absolute Gasteiger partial charge is 0.324 e. The van der Waals surface area contributed by atoms with Crippen LogP contribution < -0.4 is 10.6 Å². The van der Waals surface area contributed by atoms with Gasteiger partial charge < -0.3 is 10.4 Å². The summed E-state index contributed by atoms with van der Waals surface area (Å²) in [7, 11) is 0. The number of rotatable bonds is 10. The fourth-order valence-corrected chi connectivity index (χ4v) is 4.16. The number of carbonyl (C=O) groups is 3. The van der Waals surface area contributed by atoms with Crippen LogP contribution in [0.2, 0.25) is 0 Å². The van der Waals surface area contributed by atoms with Crippen LogP contribution in [-0.4, -0.2) is 27.9 Å². The molecule has 8 heteroatoms. The Hall–Kier alpha value is -4.85. The number of pyridine rings is 1. The Bertz CT molecular complexity index is 1460. The fourth-order valence-electron chi connectivity index (χ4n) is 4.16. The maximum atomic E-state index is 13.0. The van der Waals surface area contributed by atoms with E-state index in [1.54, 1.807) is 30.5 Å². The Morgan fingerprint density at radius 1 is 0.897 bits per heavy atom. The van der Waals surface area contributed by atoms with Crippen molar-refractivity contribution in [3.63, 3.8) is 0 Å². The number of Topliss-reactive ketones (excluding diaryl/α,β-unsaturated/α-hetero) is 1. The molecule has 0 bridgehead atoms. The summed E-state index contributed by atoms with van der Waals surface area (Å²) in [6.45, 7) is 1.81. The standard InChI is InChI=1S/C31H28FN3O4/c1-20-17-25(19-33-29(20)35-31(39)34-27-15-13-26(32)14-16-27)22-9-11-23(12-10-22)28(36)18-24(30(37)38)8-7-21-5-3-2-4-6-21/h2-6,9-17,19,24H,7-8,18H2,1H3,(H,37,38)(H2,33,34,35,39). The van der Waals surface area contributed by atoms with Gasteiger partial charge in [0.2, 0.25) is 0 Å². The quantitative estimate of drug-likeness (QED) is 0.199. The Morgan fingerprint density at radius 3 is 2.23 bits per heavy atom. The minimum absolute atomic E-state index is 0.0669. The van der Waals surface area contributed by atoms with Crippen LogP contribution in [0.1, 0.15) is 34.3 Å². The lowest BCUT2D eigenvalue weighted by Crippen LogP contribution is -2.20. The number of nitrogens with one attached hydrogen (secondary N) is 2. The van der Waals surface area contributed by atoms with Crippen LogP contribution in [0.5, 0.6) is 0 Å². The molecule has 4 rings (SSSR count). The van der Waals surface area contributed by atoms with Crippen molar-refractivity contribution in [2.24, 2.45) is 5.92 Å². The number of carbonyl (C=O) groups excluding carboxylic acids is 2. The lowest BCUT2D eigenvalue weighted by atomic mass is 9.92. The van der Waals surface area contributed by atoms with Gasteiger partial charge in [-0.15, -0.1) is 0 Å². The lowest BCUT2D eigenvalue weighted by Gasteiger charge is -2.12. The van der Waals surface area contributed by atoms with Gasteiger partial charge in [-0.2, -0.15) is 0 Å². The Labute approximate surface area is 225 Å². The zero-order valence-electron chi connectivity index (χ0n) is 21.4. The molecule has 0 saturated carbocycles. The average Bonchev–Trinajstić information content (AvgIpc) is 2.94. The fraction of sp³-hybridized carbons (Fsp3) is 0.161. The van der Waals surface area contributed by atoms with E-state index in [4.69, 9.17) is 0 Å². The molecule has 0 aliphatic rings. The molecule has 0 radical (unpaired) electrons. The molecule has 4 aromatic rings. The van der Waals surface area contributed by atoms with Crippen LogP contribution in [-0.2, 0) is 11.2 Å². The third kappa shape index (κ3) is 7.58. The molecule has 0 aliphatic heterocycles. The molecular weight excluding hydrogens is 497 g/mol. The van der Waals surface area contributed by atoms with Crippen LogP contribution in [0.25, 0.3) is 11.1 Å². The number of carboxylic acids is 1. The molecule has 1 unspecified atom stereocenters. The number of carboxylic acid groups (broad SMARTS) is 1. The molecule has 1 aromatic heterocycles. The molecule has 0 aliphatic carbocycles. The summed E-state index contributed by atoms with van der Waals surface area (Å²) in [5.74, 6) is -1.97. The summed E-state index contributed by atoms with van der Waals surface area (Å²) < 4.78 is 13.0. The summed E-state index contributed by atoms with van der Waals surface area (Å²) in [5.41, 5.74) is 4.28. The highest BCUT2D eigenvalue weighted by atomic mass is 19.1. The first-order valence-corrected chi connectivity index (χ1v) is 12.5. The Balaban J connectivity index is 1.36. The van der Waals surface area contributed by atoms with Crippen molar-refractivity contribution in [2.45, 2.75) is 26.2 Å². The molecule has 3 N–H and O–H groups in total. The van der Waals surface area contributed by atoms with Crippen molar-refractivity contribution in [3.8, 4) is 11.1 Å². The first kappa shape index (κ1) is 27.2. The molecule has 7 nitrogen and oxygen atoms in total. The predicted octanol–water partition coefficient (Wildman–Crippen LogP) is 6.75. The summed E-state index contributed by atoms with van der Waals surface area (Å²) in [4.78, 5) is 41.2. The number of hydrogen-bond acceptors (Lipinski definition) is 4. The highest BCUT2D eigenvalue weighted by molar-refractivity contribution is 6.00.